The van der Waals surface area contributed by atoms with E-state index in [1.54, 1.807) is 12.3 Å². The summed E-state index contributed by atoms with van der Waals surface area (Å²) >= 11 is 0. The second-order valence-corrected chi connectivity index (χ2v) is 6.98. The Kier molecular flexibility index (Phi) is 5.32. The number of nitrogens with two attached hydrogens (primary N) is 1. The van der Waals surface area contributed by atoms with Crippen LogP contribution in [0.1, 0.15) is 10.5 Å². The van der Waals surface area contributed by atoms with Crippen molar-refractivity contribution in [3.63, 3.8) is 0 Å². The average molecular weight is 414 g/mol. The Bertz CT molecular complexity index is 1040. The molecule has 3 aromatic rings. The number of likely N-dealkylation sites (N-methyl/N-ethyl adjacent to an activating group) is 1. The van der Waals surface area contributed by atoms with Gasteiger partial charge in [0.25, 0.3) is 5.91 Å². The molecule has 3 heterocycles. The van der Waals surface area contributed by atoms with Gasteiger partial charge in [-0.25, -0.2) is 18.7 Å². The summed E-state index contributed by atoms with van der Waals surface area (Å²) in [6, 6.07) is 6.96. The van der Waals surface area contributed by atoms with Crippen LogP contribution in [0.3, 0.4) is 0 Å². The van der Waals surface area contributed by atoms with Crippen LogP contribution in [0, 0.1) is 11.6 Å². The first-order chi connectivity index (χ1) is 14.4. The summed E-state index contributed by atoms with van der Waals surface area (Å²) in [5, 5.41) is 2.86. The lowest BCUT2D eigenvalue weighted by atomic mass is 10.2. The summed E-state index contributed by atoms with van der Waals surface area (Å²) in [6.45, 7) is 3.66. The number of rotatable bonds is 5. The first-order valence-electron chi connectivity index (χ1n) is 9.34. The van der Waals surface area contributed by atoms with Crippen molar-refractivity contribution in [3.8, 4) is 11.5 Å². The monoisotopic (exact) mass is 414 g/mol. The Hall–Kier alpha value is -3.53. The van der Waals surface area contributed by atoms with Crippen LogP contribution in [-0.2, 0) is 0 Å². The van der Waals surface area contributed by atoms with Gasteiger partial charge in [-0.1, -0.05) is 6.07 Å². The maximum Gasteiger partial charge on any atom is 0.273 e. The fraction of sp³-hybridized carbons (Fsp3) is 0.250. The number of anilines is 3. The Morgan fingerprint density at radius 2 is 1.83 bits per heavy atom. The van der Waals surface area contributed by atoms with Crippen molar-refractivity contribution in [2.75, 3.05) is 43.4 Å². The summed E-state index contributed by atoms with van der Waals surface area (Å²) < 4.78 is 33.6. The number of aromatic nitrogens is 2. The third kappa shape index (κ3) is 3.94. The summed E-state index contributed by atoms with van der Waals surface area (Å²) in [4.78, 5) is 24.5. The van der Waals surface area contributed by atoms with E-state index >= 15 is 0 Å². The van der Waals surface area contributed by atoms with Crippen LogP contribution in [-0.4, -0.2) is 54.0 Å². The summed E-state index contributed by atoms with van der Waals surface area (Å²) in [7, 11) is 2.08. The van der Waals surface area contributed by atoms with Gasteiger partial charge in [-0.2, -0.15) is 0 Å². The summed E-state index contributed by atoms with van der Waals surface area (Å²) in [5.41, 5.74) is 5.12. The molecule has 10 heteroatoms. The SMILES string of the molecule is CN1CCN(c2ccc(Nc3oc(-c4c(F)cccc4F)nc3C(N)=O)cn2)CC1. The van der Waals surface area contributed by atoms with Crippen LogP contribution in [0.15, 0.2) is 40.9 Å². The van der Waals surface area contributed by atoms with Crippen LogP contribution in [0.25, 0.3) is 11.5 Å². The second kappa shape index (κ2) is 8.07. The third-order valence-electron chi connectivity index (χ3n) is 4.87. The van der Waals surface area contributed by atoms with Gasteiger partial charge in [0, 0.05) is 26.2 Å². The van der Waals surface area contributed by atoms with Crippen molar-refractivity contribution in [1.82, 2.24) is 14.9 Å². The smallest absolute Gasteiger partial charge is 0.273 e. The molecule has 0 atom stereocenters. The van der Waals surface area contributed by atoms with Crippen LogP contribution < -0.4 is 16.0 Å². The highest BCUT2D eigenvalue weighted by molar-refractivity contribution is 5.96. The minimum absolute atomic E-state index is 0.116. The molecule has 1 saturated heterocycles. The molecule has 0 unspecified atom stereocenters. The molecule has 1 aromatic carbocycles. The number of benzene rings is 1. The number of nitrogens with zero attached hydrogens (tertiary/aromatic N) is 4. The number of oxazole rings is 1. The Morgan fingerprint density at radius 1 is 1.13 bits per heavy atom. The van der Waals surface area contributed by atoms with E-state index in [0.29, 0.717) is 5.69 Å². The lowest BCUT2D eigenvalue weighted by Gasteiger charge is -2.33. The standard InChI is InChI=1S/C20H20F2N6O2/c1-27-7-9-28(10-8-27)15-6-5-12(11-24-15)25-20-17(18(23)29)26-19(30-20)16-13(21)3-2-4-14(16)22/h2-6,11,25H,7-10H2,1H3,(H2,23,29). The largest absolute Gasteiger partial charge is 0.419 e. The molecule has 1 aliphatic heterocycles. The van der Waals surface area contributed by atoms with Gasteiger partial charge in [0.1, 0.15) is 23.0 Å². The minimum atomic E-state index is -0.897. The Morgan fingerprint density at radius 3 is 2.43 bits per heavy atom. The predicted molar refractivity (Wildman–Crippen MR) is 108 cm³/mol. The van der Waals surface area contributed by atoms with Crippen LogP contribution >= 0.6 is 0 Å². The van der Waals surface area contributed by atoms with Crippen molar-refractivity contribution in [2.45, 2.75) is 0 Å². The lowest BCUT2D eigenvalue weighted by molar-refractivity contribution is 0.0996. The van der Waals surface area contributed by atoms with E-state index in [9.17, 15) is 13.6 Å². The van der Waals surface area contributed by atoms with E-state index in [1.807, 2.05) is 6.07 Å². The molecular formula is C20H20F2N6O2. The molecule has 1 fully saturated rings. The topological polar surface area (TPSA) is 101 Å². The zero-order valence-electron chi connectivity index (χ0n) is 16.2. The predicted octanol–water partition coefficient (Wildman–Crippen LogP) is 2.61. The minimum Gasteiger partial charge on any atom is -0.419 e. The molecule has 3 N–H and O–H groups in total. The number of pyridine rings is 1. The van der Waals surface area contributed by atoms with Crippen LogP contribution in [0.4, 0.5) is 26.2 Å². The molecule has 156 valence electrons. The van der Waals surface area contributed by atoms with Crippen molar-refractivity contribution in [3.05, 3.63) is 53.9 Å². The van der Waals surface area contributed by atoms with Crippen molar-refractivity contribution in [2.24, 2.45) is 5.73 Å². The fourth-order valence-electron chi connectivity index (χ4n) is 3.19. The first kappa shape index (κ1) is 19.8. The first-order valence-corrected chi connectivity index (χ1v) is 9.34. The van der Waals surface area contributed by atoms with Gasteiger partial charge in [-0.05, 0) is 31.3 Å². The molecule has 30 heavy (non-hydrogen) atoms. The number of hydrogen-bond acceptors (Lipinski definition) is 7. The number of primary amides is 1. The number of hydrogen-bond donors (Lipinski definition) is 2. The molecule has 8 nitrogen and oxygen atoms in total. The highest BCUT2D eigenvalue weighted by Crippen LogP contribution is 2.31. The van der Waals surface area contributed by atoms with Crippen molar-refractivity contribution in [1.29, 1.82) is 0 Å². The lowest BCUT2D eigenvalue weighted by Crippen LogP contribution is -2.44. The highest BCUT2D eigenvalue weighted by Gasteiger charge is 2.23. The molecule has 1 aliphatic rings. The molecule has 2 aromatic heterocycles. The van der Waals surface area contributed by atoms with E-state index < -0.39 is 23.1 Å². The number of carbonyl (C=O) groups excluding carboxylic acids is 1. The molecule has 1 amide bonds. The quantitative estimate of drug-likeness (QED) is 0.662. The van der Waals surface area contributed by atoms with Gasteiger partial charge in [-0.3, -0.25) is 4.79 Å². The average Bonchev–Trinajstić information content (AvgIpc) is 3.13. The van der Waals surface area contributed by atoms with Gasteiger partial charge in [0.05, 0.1) is 11.9 Å². The number of halogens is 2. The molecular weight excluding hydrogens is 394 g/mol. The van der Waals surface area contributed by atoms with Gasteiger partial charge in [0.15, 0.2) is 5.69 Å². The van der Waals surface area contributed by atoms with E-state index in [4.69, 9.17) is 10.2 Å². The zero-order chi connectivity index (χ0) is 21.3. The zero-order valence-corrected chi connectivity index (χ0v) is 16.2. The number of amides is 1. The van der Waals surface area contributed by atoms with Crippen LogP contribution in [0.2, 0.25) is 0 Å². The Labute approximate surface area is 171 Å². The maximum absolute atomic E-state index is 14.1. The number of carbonyl (C=O) groups is 1. The van der Waals surface area contributed by atoms with Gasteiger partial charge in [0.2, 0.25) is 11.8 Å². The highest BCUT2D eigenvalue weighted by atomic mass is 19.1. The van der Waals surface area contributed by atoms with Gasteiger partial charge >= 0.3 is 0 Å². The van der Waals surface area contributed by atoms with Gasteiger partial charge < -0.3 is 25.3 Å². The number of nitrogens with one attached hydrogen (secondary N) is 1. The second-order valence-electron chi connectivity index (χ2n) is 6.98. The van der Waals surface area contributed by atoms with Gasteiger partial charge in [-0.15, -0.1) is 0 Å². The summed E-state index contributed by atoms with van der Waals surface area (Å²) in [5.74, 6) is -2.30. The van der Waals surface area contributed by atoms with E-state index in [-0.39, 0.29) is 17.5 Å². The molecule has 0 aliphatic carbocycles. The Balaban J connectivity index is 1.58. The van der Waals surface area contributed by atoms with E-state index in [2.05, 4.69) is 32.1 Å². The van der Waals surface area contributed by atoms with Crippen LogP contribution in [0.5, 0.6) is 0 Å². The number of piperazine rings is 1. The summed E-state index contributed by atoms with van der Waals surface area (Å²) in [6.07, 6.45) is 1.57. The van der Waals surface area contributed by atoms with E-state index in [0.717, 1.165) is 44.1 Å². The maximum atomic E-state index is 14.1. The molecule has 0 saturated carbocycles. The normalized spacial score (nSPS) is 14.7. The van der Waals surface area contributed by atoms with Crippen molar-refractivity contribution < 1.29 is 18.0 Å². The molecule has 0 spiro atoms. The molecule has 4 rings (SSSR count). The molecule has 0 bridgehead atoms. The fourth-order valence-corrected chi connectivity index (χ4v) is 3.19. The van der Waals surface area contributed by atoms with Crippen molar-refractivity contribution >= 4 is 23.3 Å². The van der Waals surface area contributed by atoms with E-state index in [1.165, 1.54) is 6.07 Å². The molecule has 0 radical (unpaired) electrons. The third-order valence-corrected chi connectivity index (χ3v) is 4.87.